The van der Waals surface area contributed by atoms with Gasteiger partial charge < -0.3 is 14.7 Å². The van der Waals surface area contributed by atoms with Crippen molar-refractivity contribution in [3.05, 3.63) is 339 Å². The second kappa shape index (κ2) is 21.7. The predicted octanol–water partition coefficient (Wildman–Crippen LogP) is 21.4. The largest absolute Gasteiger partial charge is 0.314 e. The molecule has 12 aliphatic rings. The molecule has 7 aromatic rings. The lowest BCUT2D eigenvalue weighted by Gasteiger charge is -2.47. The van der Waals surface area contributed by atoms with E-state index in [2.05, 4.69) is 298 Å². The van der Waals surface area contributed by atoms with E-state index < -0.39 is 5.41 Å². The number of anilines is 6. The first-order valence-electron chi connectivity index (χ1n) is 36.1. The lowest BCUT2D eigenvalue weighted by atomic mass is 9.33. The monoisotopic (exact) mass is 1240 g/mol. The van der Waals surface area contributed by atoms with Crippen molar-refractivity contribution in [2.24, 2.45) is 23.2 Å². The maximum Gasteiger partial charge on any atom is 0.252 e. The van der Waals surface area contributed by atoms with Crippen molar-refractivity contribution in [1.82, 2.24) is 0 Å². The van der Waals surface area contributed by atoms with Gasteiger partial charge in [-0.05, 0) is 218 Å². The molecule has 0 N–H and O–H groups in total. The van der Waals surface area contributed by atoms with Crippen LogP contribution in [0.1, 0.15) is 149 Å². The fourth-order valence-corrected chi connectivity index (χ4v) is 21.4. The number of rotatable bonds is 9. The van der Waals surface area contributed by atoms with Crippen LogP contribution in [0.15, 0.2) is 295 Å². The highest BCUT2D eigenvalue weighted by Gasteiger charge is 2.60. The molecule has 1 fully saturated rings. The minimum Gasteiger partial charge on any atom is -0.314 e. The first kappa shape index (κ1) is 57.8. The van der Waals surface area contributed by atoms with E-state index in [9.17, 15) is 0 Å². The molecular weight excluding hydrogens is 1160 g/mol. The summed E-state index contributed by atoms with van der Waals surface area (Å²) in [5, 5.41) is 0. The quantitative estimate of drug-likeness (QED) is 0.133. The van der Waals surface area contributed by atoms with Crippen LogP contribution in [0.2, 0.25) is 0 Å². The second-order valence-electron chi connectivity index (χ2n) is 29.5. The molecule has 2 aliphatic heterocycles. The van der Waals surface area contributed by atoms with Gasteiger partial charge in [0.1, 0.15) is 0 Å². The highest BCUT2D eigenvalue weighted by Crippen LogP contribution is 2.69. The summed E-state index contributed by atoms with van der Waals surface area (Å²) in [6, 6.07) is 56.0. The molecule has 2 spiro atoms. The zero-order chi connectivity index (χ0) is 64.3. The Kier molecular flexibility index (Phi) is 13.1. The molecule has 6 unspecified atom stereocenters. The summed E-state index contributed by atoms with van der Waals surface area (Å²) in [6.45, 7) is 17.0. The fourth-order valence-electron chi connectivity index (χ4n) is 21.4. The summed E-state index contributed by atoms with van der Waals surface area (Å²) >= 11 is 0. The van der Waals surface area contributed by atoms with Crippen molar-refractivity contribution in [2.75, 3.05) is 14.7 Å². The van der Waals surface area contributed by atoms with E-state index in [0.717, 1.165) is 67.7 Å². The van der Waals surface area contributed by atoms with Crippen molar-refractivity contribution in [1.29, 1.82) is 0 Å². The molecule has 1 saturated carbocycles. The zero-order valence-electron chi connectivity index (χ0n) is 56.2. The van der Waals surface area contributed by atoms with Gasteiger partial charge in [-0.15, -0.1) is 0 Å². The minimum absolute atomic E-state index is 0.124. The van der Waals surface area contributed by atoms with E-state index in [-0.39, 0.29) is 23.5 Å². The maximum absolute atomic E-state index is 4.89. The molecule has 3 nitrogen and oxygen atoms in total. The van der Waals surface area contributed by atoms with Gasteiger partial charge in [0.2, 0.25) is 0 Å². The molecule has 0 amide bonds. The van der Waals surface area contributed by atoms with E-state index in [1.165, 1.54) is 142 Å². The summed E-state index contributed by atoms with van der Waals surface area (Å²) in [4.78, 5) is 8.24. The van der Waals surface area contributed by atoms with Gasteiger partial charge >= 0.3 is 0 Å². The molecule has 19 rings (SSSR count). The van der Waals surface area contributed by atoms with Gasteiger partial charge in [-0.25, -0.2) is 0 Å². The number of benzene rings is 7. The molecule has 2 heterocycles. The summed E-state index contributed by atoms with van der Waals surface area (Å²) in [5.41, 5.74) is 37.3. The summed E-state index contributed by atoms with van der Waals surface area (Å²) in [5.74, 6) is 1.27. The second-order valence-corrected chi connectivity index (χ2v) is 29.5. The predicted molar refractivity (Wildman–Crippen MR) is 405 cm³/mol. The summed E-state index contributed by atoms with van der Waals surface area (Å²) in [6.07, 6.45) is 53.3. The maximum atomic E-state index is 4.89. The Morgan fingerprint density at radius 2 is 1.38 bits per heavy atom. The molecule has 0 saturated heterocycles. The normalized spacial score (nSPS) is 25.6. The van der Waals surface area contributed by atoms with Crippen molar-refractivity contribution >= 4 is 68.4 Å². The number of nitrogens with zero attached hydrogens (tertiary/aromatic N) is 3. The smallest absolute Gasteiger partial charge is 0.252 e. The van der Waals surface area contributed by atoms with Crippen molar-refractivity contribution in [3.8, 4) is 11.1 Å². The zero-order valence-corrected chi connectivity index (χ0v) is 56.2. The third-order valence-electron chi connectivity index (χ3n) is 25.0. The molecule has 4 heteroatoms. The van der Waals surface area contributed by atoms with Gasteiger partial charge in [0.15, 0.2) is 0 Å². The van der Waals surface area contributed by atoms with Crippen LogP contribution in [0.4, 0.5) is 34.1 Å². The third-order valence-corrected chi connectivity index (χ3v) is 25.0. The number of para-hydroxylation sites is 1. The topological polar surface area (TPSA) is 9.72 Å². The van der Waals surface area contributed by atoms with Crippen LogP contribution >= 0.6 is 0 Å². The molecule has 10 aliphatic carbocycles. The van der Waals surface area contributed by atoms with Crippen LogP contribution in [0.5, 0.6) is 0 Å². The van der Waals surface area contributed by atoms with Crippen LogP contribution < -0.4 is 31.1 Å². The molecular formula is C92H82BN3. The van der Waals surface area contributed by atoms with E-state index in [4.69, 9.17) is 6.58 Å². The number of hydrogen-bond donors (Lipinski definition) is 0. The summed E-state index contributed by atoms with van der Waals surface area (Å²) < 4.78 is 0. The molecule has 6 atom stereocenters. The van der Waals surface area contributed by atoms with Crippen LogP contribution in [0.3, 0.4) is 0 Å². The van der Waals surface area contributed by atoms with Gasteiger partial charge in [0.05, 0.1) is 11.1 Å². The van der Waals surface area contributed by atoms with Gasteiger partial charge in [-0.1, -0.05) is 254 Å². The first-order chi connectivity index (χ1) is 47.3. The Labute approximate surface area is 568 Å². The lowest BCUT2D eigenvalue weighted by molar-refractivity contribution is 0.333. The Hall–Kier alpha value is -9.64. The highest BCUT2D eigenvalue weighted by molar-refractivity contribution is 7.00. The van der Waals surface area contributed by atoms with Crippen LogP contribution in [-0.2, 0) is 10.8 Å². The van der Waals surface area contributed by atoms with Crippen molar-refractivity contribution < 1.29 is 0 Å². The Morgan fingerprint density at radius 1 is 0.667 bits per heavy atom. The number of fused-ring (bicyclic) bond motifs is 22. The molecule has 0 radical (unpaired) electrons. The molecule has 0 aromatic heterocycles. The average molecular weight is 1240 g/mol. The van der Waals surface area contributed by atoms with Gasteiger partial charge in [-0.2, -0.15) is 0 Å². The van der Waals surface area contributed by atoms with Crippen LogP contribution in [0, 0.1) is 23.2 Å². The molecule has 7 aromatic carbocycles. The Bertz CT molecular complexity index is 5030. The molecule has 96 heavy (non-hydrogen) atoms. The van der Waals surface area contributed by atoms with Gasteiger partial charge in [0, 0.05) is 68.0 Å². The number of unbranched alkanes of at least 4 members (excludes halogenated alkanes) is 1. The molecule has 0 bridgehead atoms. The highest BCUT2D eigenvalue weighted by atomic mass is 15.2. The van der Waals surface area contributed by atoms with Crippen LogP contribution in [-0.4, -0.2) is 6.71 Å². The van der Waals surface area contributed by atoms with Crippen molar-refractivity contribution in [2.45, 2.75) is 116 Å². The van der Waals surface area contributed by atoms with E-state index in [1.54, 1.807) is 11.1 Å². The SMILES string of the molecule is C=C/C(=C1\C(=C/C)C(C)(C)C2C=CC=CC12)N(C1=CCC=CC=C1)c1cc2c3c(c1)N(c1ccccc1)c1c(ccc4c1-c1ccccc1C41C4=C(C=CCC4)c4ccccc41)B3c1ccc3c(c1N2C1=CC=CCC1)C1=C(C=CCC1)C31c2ccccc2C(CCCC)C1C. The first-order valence-corrected chi connectivity index (χ1v) is 36.1. The Balaban J connectivity index is 0.975. The average Bonchev–Trinajstić information content (AvgIpc) is 1.45. The van der Waals surface area contributed by atoms with Gasteiger partial charge in [0.25, 0.3) is 6.71 Å². The van der Waals surface area contributed by atoms with E-state index in [1.807, 2.05) is 0 Å². The third kappa shape index (κ3) is 7.51. The molecule has 468 valence electrons. The fraction of sp³-hybridized carbons (Fsp3) is 0.239. The van der Waals surface area contributed by atoms with Crippen molar-refractivity contribution in [3.63, 3.8) is 0 Å². The lowest BCUT2D eigenvalue weighted by Crippen LogP contribution is -2.62. The standard InChI is InChI=1S/C92H82BN3/c1-7-10-39-63-58(4)91(72-47-28-21-40-64(63)72)75-50-31-25-44-68(75)85-77(91)52-54-79-88(85)95(60-35-17-13-18-36-60)82-56-62(94(59-33-15-11-12-16-34-59)81(9-3)84-67-43-24-27-46-71(67)90(5,6)70(84)8-2)57-83-87(82)93(79)80-55-53-78-86(89(80)96(83)61-37-19-14-20-38-61)69-45-26-32-51-76(69)92(78)73-48-29-22-41-65(73)66-42-23-30-49-74(66)92/h8-9,11-15,17,19-24,26-29,31-35,37-38,40-43,45-48,50-58,63,67,71H,3,7,10,16,18,25,30,36,39,44,49H2,1-2,4-6H3/b70-8+,84-81+. The van der Waals surface area contributed by atoms with Gasteiger partial charge in [-0.3, -0.25) is 0 Å². The minimum atomic E-state index is -0.459. The Morgan fingerprint density at radius 3 is 2.17 bits per heavy atom. The number of allylic oxidation sites excluding steroid dienone is 25. The van der Waals surface area contributed by atoms with E-state index >= 15 is 0 Å². The van der Waals surface area contributed by atoms with Crippen LogP contribution in [0.25, 0.3) is 22.3 Å². The number of hydrogen-bond acceptors (Lipinski definition) is 3. The van der Waals surface area contributed by atoms with E-state index in [0.29, 0.717) is 17.8 Å². The summed E-state index contributed by atoms with van der Waals surface area (Å²) in [7, 11) is 0.